The second-order valence-electron chi connectivity index (χ2n) is 5.80. The minimum atomic E-state index is -0.0868. The van der Waals surface area contributed by atoms with Crippen molar-refractivity contribution in [3.8, 4) is 0 Å². The highest BCUT2D eigenvalue weighted by Crippen LogP contribution is 2.22. The largest absolute Gasteiger partial charge is 0.396 e. The molecule has 1 saturated heterocycles. The van der Waals surface area contributed by atoms with E-state index in [1.165, 1.54) is 0 Å². The van der Waals surface area contributed by atoms with Crippen molar-refractivity contribution < 1.29 is 9.90 Å². The number of likely N-dealkylation sites (tertiary alicyclic amines) is 1. The van der Waals surface area contributed by atoms with Crippen molar-refractivity contribution in [2.24, 2.45) is 5.73 Å². The summed E-state index contributed by atoms with van der Waals surface area (Å²) in [5.74, 6) is 0.180. The summed E-state index contributed by atoms with van der Waals surface area (Å²) in [6, 6.07) is 10.0. The van der Waals surface area contributed by atoms with Crippen LogP contribution in [-0.4, -0.2) is 35.1 Å². The van der Waals surface area contributed by atoms with Crippen molar-refractivity contribution in [1.82, 2.24) is 4.90 Å². The molecule has 4 nitrogen and oxygen atoms in total. The molecule has 1 heterocycles. The number of rotatable bonds is 6. The molecule has 0 aromatic heterocycles. The molecule has 1 aliphatic heterocycles. The summed E-state index contributed by atoms with van der Waals surface area (Å²) in [6.07, 6.45) is 5.08. The molecule has 0 saturated carbocycles. The van der Waals surface area contributed by atoms with Crippen molar-refractivity contribution in [1.29, 1.82) is 0 Å². The molecule has 2 rings (SSSR count). The van der Waals surface area contributed by atoms with Crippen LogP contribution in [0.2, 0.25) is 0 Å². The monoisotopic (exact) mass is 290 g/mol. The Kier molecular flexibility index (Phi) is 6.21. The third-order valence-electron chi connectivity index (χ3n) is 4.31. The zero-order valence-electron chi connectivity index (χ0n) is 12.6. The van der Waals surface area contributed by atoms with Gasteiger partial charge in [0.1, 0.15) is 0 Å². The predicted molar refractivity (Wildman–Crippen MR) is 83.7 cm³/mol. The molecule has 1 aromatic carbocycles. The van der Waals surface area contributed by atoms with Gasteiger partial charge in [-0.05, 0) is 37.7 Å². The lowest BCUT2D eigenvalue weighted by Gasteiger charge is -2.36. The van der Waals surface area contributed by atoms with E-state index in [1.807, 2.05) is 35.2 Å². The van der Waals surface area contributed by atoms with Gasteiger partial charge in [-0.25, -0.2) is 0 Å². The van der Waals surface area contributed by atoms with Gasteiger partial charge in [0.2, 0.25) is 5.91 Å². The highest BCUT2D eigenvalue weighted by atomic mass is 16.3. The molecule has 0 bridgehead atoms. The van der Waals surface area contributed by atoms with Gasteiger partial charge in [0.15, 0.2) is 0 Å². The summed E-state index contributed by atoms with van der Waals surface area (Å²) in [7, 11) is 0. The van der Waals surface area contributed by atoms with Crippen molar-refractivity contribution in [3.05, 3.63) is 35.9 Å². The van der Waals surface area contributed by atoms with Crippen LogP contribution < -0.4 is 5.73 Å². The van der Waals surface area contributed by atoms with Gasteiger partial charge in [-0.3, -0.25) is 4.79 Å². The molecule has 21 heavy (non-hydrogen) atoms. The van der Waals surface area contributed by atoms with Crippen LogP contribution in [-0.2, 0) is 4.79 Å². The minimum Gasteiger partial charge on any atom is -0.396 e. The van der Waals surface area contributed by atoms with Gasteiger partial charge in [-0.15, -0.1) is 0 Å². The van der Waals surface area contributed by atoms with E-state index in [1.54, 1.807) is 0 Å². The van der Waals surface area contributed by atoms with E-state index in [2.05, 4.69) is 0 Å². The molecule has 1 amide bonds. The SMILES string of the molecule is NC(CCC(=O)N1CCCCC1CCO)c1ccccc1. The average Bonchev–Trinajstić information content (AvgIpc) is 2.54. The number of nitrogens with two attached hydrogens (primary N) is 1. The van der Waals surface area contributed by atoms with E-state index < -0.39 is 0 Å². The standard InChI is InChI=1S/C17H26N2O2/c18-16(14-6-2-1-3-7-14)9-10-17(21)19-12-5-4-8-15(19)11-13-20/h1-3,6-7,15-16,20H,4-5,8-13,18H2. The van der Waals surface area contributed by atoms with Crippen molar-refractivity contribution in [2.75, 3.05) is 13.2 Å². The fraction of sp³-hybridized carbons (Fsp3) is 0.588. The summed E-state index contributed by atoms with van der Waals surface area (Å²) < 4.78 is 0. The van der Waals surface area contributed by atoms with Gasteiger partial charge in [-0.1, -0.05) is 30.3 Å². The highest BCUT2D eigenvalue weighted by Gasteiger charge is 2.26. The number of amides is 1. The third-order valence-corrected chi connectivity index (χ3v) is 4.31. The number of nitrogens with zero attached hydrogens (tertiary/aromatic N) is 1. The number of carbonyl (C=O) groups is 1. The van der Waals surface area contributed by atoms with E-state index in [9.17, 15) is 4.79 Å². The molecule has 0 radical (unpaired) electrons. The van der Waals surface area contributed by atoms with E-state index in [4.69, 9.17) is 10.8 Å². The first-order chi connectivity index (χ1) is 10.2. The maximum atomic E-state index is 12.4. The van der Waals surface area contributed by atoms with Crippen molar-refractivity contribution >= 4 is 5.91 Å². The number of benzene rings is 1. The molecule has 0 spiro atoms. The van der Waals surface area contributed by atoms with Gasteiger partial charge < -0.3 is 15.7 Å². The molecule has 0 aliphatic carbocycles. The van der Waals surface area contributed by atoms with E-state index in [0.29, 0.717) is 19.3 Å². The molecule has 1 aliphatic rings. The molecule has 1 aromatic rings. The topological polar surface area (TPSA) is 66.6 Å². The van der Waals surface area contributed by atoms with Crippen LogP contribution in [0.3, 0.4) is 0 Å². The van der Waals surface area contributed by atoms with Gasteiger partial charge in [-0.2, -0.15) is 0 Å². The number of hydrogen-bond donors (Lipinski definition) is 2. The summed E-state index contributed by atoms with van der Waals surface area (Å²) in [5, 5.41) is 9.13. The number of piperidine rings is 1. The first-order valence-corrected chi connectivity index (χ1v) is 7.93. The van der Waals surface area contributed by atoms with Gasteiger partial charge >= 0.3 is 0 Å². The van der Waals surface area contributed by atoms with Gasteiger partial charge in [0.25, 0.3) is 0 Å². The predicted octanol–water partition coefficient (Wildman–Crippen LogP) is 2.23. The molecule has 1 fully saturated rings. The second kappa shape index (κ2) is 8.15. The van der Waals surface area contributed by atoms with Crippen LogP contribution in [0.25, 0.3) is 0 Å². The Morgan fingerprint density at radius 1 is 1.33 bits per heavy atom. The first kappa shape index (κ1) is 16.0. The lowest BCUT2D eigenvalue weighted by Crippen LogP contribution is -2.44. The molecular weight excluding hydrogens is 264 g/mol. The second-order valence-corrected chi connectivity index (χ2v) is 5.80. The van der Waals surface area contributed by atoms with Crippen molar-refractivity contribution in [3.63, 3.8) is 0 Å². The third kappa shape index (κ3) is 4.55. The van der Waals surface area contributed by atoms with Gasteiger partial charge in [0, 0.05) is 31.7 Å². The van der Waals surface area contributed by atoms with E-state index >= 15 is 0 Å². The van der Waals surface area contributed by atoms with Crippen LogP contribution in [0.15, 0.2) is 30.3 Å². The number of aliphatic hydroxyl groups excluding tert-OH is 1. The van der Waals surface area contributed by atoms with E-state index in [0.717, 1.165) is 31.4 Å². The molecule has 3 N–H and O–H groups in total. The fourth-order valence-electron chi connectivity index (χ4n) is 3.07. The average molecular weight is 290 g/mol. The Morgan fingerprint density at radius 3 is 2.81 bits per heavy atom. The summed E-state index contributed by atoms with van der Waals surface area (Å²) >= 11 is 0. The zero-order valence-corrected chi connectivity index (χ0v) is 12.6. The Morgan fingerprint density at radius 2 is 2.10 bits per heavy atom. The molecule has 116 valence electrons. The van der Waals surface area contributed by atoms with Crippen molar-refractivity contribution in [2.45, 2.75) is 50.6 Å². The summed E-state index contributed by atoms with van der Waals surface area (Å²) in [6.45, 7) is 0.974. The molecular formula is C17H26N2O2. The Labute approximate surface area is 126 Å². The zero-order chi connectivity index (χ0) is 15.1. The van der Waals surface area contributed by atoms with Crippen LogP contribution in [0.5, 0.6) is 0 Å². The van der Waals surface area contributed by atoms with Crippen LogP contribution in [0.1, 0.15) is 50.1 Å². The molecule has 2 unspecified atom stereocenters. The smallest absolute Gasteiger partial charge is 0.222 e. The molecule has 2 atom stereocenters. The fourth-order valence-corrected chi connectivity index (χ4v) is 3.07. The normalized spacial score (nSPS) is 20.3. The maximum Gasteiger partial charge on any atom is 0.222 e. The lowest BCUT2D eigenvalue weighted by molar-refractivity contribution is -0.135. The minimum absolute atomic E-state index is 0.0868. The van der Waals surface area contributed by atoms with Crippen LogP contribution in [0, 0.1) is 0 Å². The van der Waals surface area contributed by atoms with Crippen LogP contribution >= 0.6 is 0 Å². The van der Waals surface area contributed by atoms with Gasteiger partial charge in [0.05, 0.1) is 0 Å². The number of hydrogen-bond acceptors (Lipinski definition) is 3. The Bertz CT molecular complexity index is 434. The summed E-state index contributed by atoms with van der Waals surface area (Å²) in [4.78, 5) is 14.4. The maximum absolute atomic E-state index is 12.4. The van der Waals surface area contributed by atoms with E-state index in [-0.39, 0.29) is 24.6 Å². The summed E-state index contributed by atoms with van der Waals surface area (Å²) in [5.41, 5.74) is 7.23. The lowest BCUT2D eigenvalue weighted by atomic mass is 9.97. The number of aliphatic hydroxyl groups is 1. The highest BCUT2D eigenvalue weighted by molar-refractivity contribution is 5.76. The Hall–Kier alpha value is -1.39. The quantitative estimate of drug-likeness (QED) is 0.844. The molecule has 4 heteroatoms. The Balaban J connectivity index is 1.85. The van der Waals surface area contributed by atoms with Crippen LogP contribution in [0.4, 0.5) is 0 Å². The number of carbonyl (C=O) groups excluding carboxylic acids is 1. The first-order valence-electron chi connectivity index (χ1n) is 7.93.